The van der Waals surface area contributed by atoms with Gasteiger partial charge in [-0.05, 0) is 25.1 Å². The van der Waals surface area contributed by atoms with Crippen molar-refractivity contribution in [3.63, 3.8) is 0 Å². The number of hydrogen-bond donors (Lipinski definition) is 2. The molecule has 0 aliphatic heterocycles. The van der Waals surface area contributed by atoms with E-state index in [2.05, 4.69) is 16.6 Å². The fourth-order valence-corrected chi connectivity index (χ4v) is 2.15. The van der Waals surface area contributed by atoms with Gasteiger partial charge in [-0.2, -0.15) is 5.26 Å². The van der Waals surface area contributed by atoms with Crippen LogP contribution in [0.2, 0.25) is 5.02 Å². The van der Waals surface area contributed by atoms with E-state index in [4.69, 9.17) is 22.0 Å². The number of nitriles is 1. The average molecular weight is 299 g/mol. The number of nitrogens with one attached hydrogen (secondary N) is 1. The molecule has 5 nitrogen and oxygen atoms in total. The van der Waals surface area contributed by atoms with Crippen LogP contribution < -0.4 is 4.72 Å². The molecule has 1 unspecified atom stereocenters. The van der Waals surface area contributed by atoms with E-state index in [1.165, 1.54) is 19.1 Å². The number of rotatable bonds is 3. The third kappa shape index (κ3) is 4.15. The first-order valence-corrected chi connectivity index (χ1v) is 7.13. The lowest BCUT2D eigenvalue weighted by atomic mass is 10.2. The fraction of sp³-hybridized carbons (Fsp3) is 0.250. The average Bonchev–Trinajstić information content (AvgIpc) is 2.38. The molecule has 0 heterocycles. The lowest BCUT2D eigenvalue weighted by Gasteiger charge is -2.11. The molecule has 7 heteroatoms. The topological polar surface area (TPSA) is 90.2 Å². The Kier molecular flexibility index (Phi) is 5.20. The molecular weight excluding hydrogens is 288 g/mol. The first-order chi connectivity index (χ1) is 8.90. The summed E-state index contributed by atoms with van der Waals surface area (Å²) in [5.41, 5.74) is 0.647. The van der Waals surface area contributed by atoms with Gasteiger partial charge in [-0.1, -0.05) is 23.4 Å². The highest BCUT2D eigenvalue weighted by molar-refractivity contribution is 7.93. The van der Waals surface area contributed by atoms with E-state index in [1.807, 2.05) is 0 Å². The van der Waals surface area contributed by atoms with E-state index in [9.17, 15) is 8.42 Å². The van der Waals surface area contributed by atoms with Crippen molar-refractivity contribution < 1.29 is 13.5 Å². The van der Waals surface area contributed by atoms with Crippen molar-refractivity contribution in [2.24, 2.45) is 0 Å². The first kappa shape index (κ1) is 15.3. The van der Waals surface area contributed by atoms with Crippen molar-refractivity contribution in [3.05, 3.63) is 28.8 Å². The van der Waals surface area contributed by atoms with Crippen LogP contribution in [0.4, 0.5) is 5.69 Å². The molecule has 0 aliphatic carbocycles. The number of benzene rings is 1. The summed E-state index contributed by atoms with van der Waals surface area (Å²) < 4.78 is 25.7. The molecule has 0 fully saturated rings. The van der Waals surface area contributed by atoms with Crippen LogP contribution in [0.1, 0.15) is 12.5 Å². The van der Waals surface area contributed by atoms with Gasteiger partial charge in [-0.3, -0.25) is 4.72 Å². The summed E-state index contributed by atoms with van der Waals surface area (Å²) in [7, 11) is -3.82. The Morgan fingerprint density at radius 1 is 1.53 bits per heavy atom. The number of sulfonamides is 1. The highest BCUT2D eigenvalue weighted by atomic mass is 35.5. The standard InChI is InChI=1S/C12H11ClN2O3S/c1-9(8-14)19(17,18)15-12-7-10(3-2-6-16)4-5-11(12)13/h4-5,7,9,15-16H,6H2,1H3. The predicted octanol–water partition coefficient (Wildman–Crippen LogP) is 1.34. The van der Waals surface area contributed by atoms with E-state index < -0.39 is 15.3 Å². The van der Waals surface area contributed by atoms with Gasteiger partial charge in [-0.15, -0.1) is 0 Å². The third-order valence-electron chi connectivity index (χ3n) is 2.18. The molecular formula is C12H11ClN2O3S. The molecule has 2 N–H and O–H groups in total. The second-order valence-corrected chi connectivity index (χ2v) is 5.98. The van der Waals surface area contributed by atoms with E-state index in [-0.39, 0.29) is 17.3 Å². The summed E-state index contributed by atoms with van der Waals surface area (Å²) in [5.74, 6) is 5.07. The summed E-state index contributed by atoms with van der Waals surface area (Å²) in [6.07, 6.45) is 0. The zero-order valence-corrected chi connectivity index (χ0v) is 11.6. The summed E-state index contributed by atoms with van der Waals surface area (Å²) in [6, 6.07) is 6.15. The molecule has 0 bridgehead atoms. The SMILES string of the molecule is CC(C#N)S(=O)(=O)Nc1cc(C#CCO)ccc1Cl. The van der Waals surface area contributed by atoms with Crippen molar-refractivity contribution in [1.29, 1.82) is 5.26 Å². The number of aliphatic hydroxyl groups excluding tert-OH is 1. The normalized spacial score (nSPS) is 11.9. The molecule has 0 saturated heterocycles. The third-order valence-corrected chi connectivity index (χ3v) is 4.05. The monoisotopic (exact) mass is 298 g/mol. The van der Waals surface area contributed by atoms with Gasteiger partial charge in [0, 0.05) is 5.56 Å². The van der Waals surface area contributed by atoms with Crippen LogP contribution >= 0.6 is 11.6 Å². The van der Waals surface area contributed by atoms with Gasteiger partial charge in [0.05, 0.1) is 16.8 Å². The molecule has 100 valence electrons. The van der Waals surface area contributed by atoms with E-state index in [0.717, 1.165) is 0 Å². The largest absolute Gasteiger partial charge is 0.384 e. The first-order valence-electron chi connectivity index (χ1n) is 5.21. The van der Waals surface area contributed by atoms with Gasteiger partial charge in [0.2, 0.25) is 10.0 Å². The van der Waals surface area contributed by atoms with Crippen LogP contribution in [0.15, 0.2) is 18.2 Å². The van der Waals surface area contributed by atoms with Crippen LogP contribution in [0.3, 0.4) is 0 Å². The van der Waals surface area contributed by atoms with Crippen LogP contribution in [0.5, 0.6) is 0 Å². The lowest BCUT2D eigenvalue weighted by Crippen LogP contribution is -2.24. The molecule has 1 aromatic carbocycles. The Bertz CT molecular complexity index is 668. The Balaban J connectivity index is 3.12. The van der Waals surface area contributed by atoms with Crippen LogP contribution in [-0.4, -0.2) is 25.4 Å². The molecule has 0 spiro atoms. The number of nitrogens with zero attached hydrogens (tertiary/aromatic N) is 1. The van der Waals surface area contributed by atoms with Gasteiger partial charge in [0.15, 0.2) is 5.25 Å². The molecule has 0 amide bonds. The number of aliphatic hydroxyl groups is 1. The maximum atomic E-state index is 11.7. The summed E-state index contributed by atoms with van der Waals surface area (Å²) >= 11 is 5.88. The van der Waals surface area contributed by atoms with Crippen LogP contribution in [0.25, 0.3) is 0 Å². The number of anilines is 1. The molecule has 1 rings (SSSR count). The zero-order valence-electron chi connectivity index (χ0n) is 10.0. The van der Waals surface area contributed by atoms with Gasteiger partial charge in [0.1, 0.15) is 6.61 Å². The summed E-state index contributed by atoms with van der Waals surface area (Å²) in [6.45, 7) is 0.973. The second kappa shape index (κ2) is 6.44. The second-order valence-electron chi connectivity index (χ2n) is 3.57. The van der Waals surface area contributed by atoms with Crippen LogP contribution in [0, 0.1) is 23.2 Å². The van der Waals surface area contributed by atoms with E-state index in [1.54, 1.807) is 12.1 Å². The molecule has 19 heavy (non-hydrogen) atoms. The zero-order chi connectivity index (χ0) is 14.5. The predicted molar refractivity (Wildman–Crippen MR) is 73.0 cm³/mol. The minimum absolute atomic E-state index is 0.147. The fourth-order valence-electron chi connectivity index (χ4n) is 1.13. The maximum Gasteiger partial charge on any atom is 0.248 e. The highest BCUT2D eigenvalue weighted by Crippen LogP contribution is 2.24. The molecule has 0 saturated carbocycles. The number of hydrogen-bond acceptors (Lipinski definition) is 4. The Morgan fingerprint density at radius 2 is 2.21 bits per heavy atom. The Hall–Kier alpha value is -1.73. The van der Waals surface area contributed by atoms with Crippen molar-refractivity contribution in [1.82, 2.24) is 0 Å². The number of halogens is 1. The molecule has 1 atom stereocenters. The molecule has 0 radical (unpaired) electrons. The maximum absolute atomic E-state index is 11.7. The minimum Gasteiger partial charge on any atom is -0.384 e. The Labute approximate surface area is 116 Å². The molecule has 0 aliphatic rings. The summed E-state index contributed by atoms with van der Waals surface area (Å²) in [5, 5.41) is 16.2. The molecule has 0 aromatic heterocycles. The Morgan fingerprint density at radius 3 is 2.79 bits per heavy atom. The van der Waals surface area contributed by atoms with Crippen molar-refractivity contribution in [2.75, 3.05) is 11.3 Å². The minimum atomic E-state index is -3.82. The van der Waals surface area contributed by atoms with Gasteiger partial charge < -0.3 is 5.11 Å². The van der Waals surface area contributed by atoms with Crippen LogP contribution in [-0.2, 0) is 10.0 Å². The summed E-state index contributed by atoms with van der Waals surface area (Å²) in [4.78, 5) is 0. The van der Waals surface area contributed by atoms with Gasteiger partial charge >= 0.3 is 0 Å². The van der Waals surface area contributed by atoms with E-state index >= 15 is 0 Å². The van der Waals surface area contributed by atoms with Crippen molar-refractivity contribution in [2.45, 2.75) is 12.2 Å². The van der Waals surface area contributed by atoms with Crippen molar-refractivity contribution >= 4 is 27.3 Å². The van der Waals surface area contributed by atoms with Crippen molar-refractivity contribution in [3.8, 4) is 17.9 Å². The quantitative estimate of drug-likeness (QED) is 0.824. The highest BCUT2D eigenvalue weighted by Gasteiger charge is 2.21. The lowest BCUT2D eigenvalue weighted by molar-refractivity contribution is 0.350. The van der Waals surface area contributed by atoms with E-state index in [0.29, 0.717) is 5.56 Å². The molecule has 1 aromatic rings. The smallest absolute Gasteiger partial charge is 0.248 e. The van der Waals surface area contributed by atoms with Gasteiger partial charge in [-0.25, -0.2) is 8.42 Å². The van der Waals surface area contributed by atoms with Gasteiger partial charge in [0.25, 0.3) is 0 Å².